The van der Waals surface area contributed by atoms with Crippen molar-refractivity contribution in [1.29, 1.82) is 0 Å². The van der Waals surface area contributed by atoms with Gasteiger partial charge in [-0.15, -0.1) is 0 Å². The smallest absolute Gasteiger partial charge is 0.255 e. The average Bonchev–Trinajstić information content (AvgIpc) is 3.07. The molecule has 0 N–H and O–H groups in total. The average molecular weight is 277 g/mol. The second-order valence-electron chi connectivity index (χ2n) is 5.25. The van der Waals surface area contributed by atoms with Crippen molar-refractivity contribution < 1.29 is 14.0 Å². The zero-order valence-corrected chi connectivity index (χ0v) is 11.1. The van der Waals surface area contributed by atoms with Crippen LogP contribution in [0.5, 0.6) is 0 Å². The molecule has 0 spiro atoms. The van der Waals surface area contributed by atoms with Gasteiger partial charge in [-0.05, 0) is 25.0 Å². The van der Waals surface area contributed by atoms with Gasteiger partial charge in [-0.1, -0.05) is 0 Å². The maximum Gasteiger partial charge on any atom is 0.255 e. The van der Waals surface area contributed by atoms with E-state index in [0.29, 0.717) is 25.1 Å². The number of aromatic nitrogens is 1. The summed E-state index contributed by atoms with van der Waals surface area (Å²) in [5.41, 5.74) is 0.389. The lowest BCUT2D eigenvalue weighted by Gasteiger charge is -2.24. The van der Waals surface area contributed by atoms with Crippen molar-refractivity contribution in [1.82, 2.24) is 14.8 Å². The fraction of sp³-hybridized carbons (Fsp3) is 0.500. The van der Waals surface area contributed by atoms with Crippen LogP contribution in [0, 0.1) is 5.95 Å². The number of likely N-dealkylation sites (tertiary alicyclic amines) is 2. The molecule has 3 heterocycles. The van der Waals surface area contributed by atoms with Crippen molar-refractivity contribution in [2.75, 3.05) is 19.6 Å². The van der Waals surface area contributed by atoms with Crippen LogP contribution in [0.15, 0.2) is 18.3 Å². The molecule has 106 valence electrons. The molecule has 6 heteroatoms. The fourth-order valence-corrected chi connectivity index (χ4v) is 2.92. The van der Waals surface area contributed by atoms with Gasteiger partial charge < -0.3 is 9.80 Å². The Morgan fingerprint density at radius 1 is 1.35 bits per heavy atom. The van der Waals surface area contributed by atoms with E-state index < -0.39 is 5.95 Å². The molecule has 0 unspecified atom stereocenters. The van der Waals surface area contributed by atoms with Gasteiger partial charge in [-0.2, -0.15) is 4.39 Å². The van der Waals surface area contributed by atoms with E-state index in [4.69, 9.17) is 0 Å². The molecule has 0 aliphatic carbocycles. The number of rotatable bonds is 2. The lowest BCUT2D eigenvalue weighted by atomic mass is 10.2. The fourth-order valence-electron chi connectivity index (χ4n) is 2.92. The summed E-state index contributed by atoms with van der Waals surface area (Å²) in [5.74, 6) is -0.553. The summed E-state index contributed by atoms with van der Waals surface area (Å²) in [4.78, 5) is 31.1. The summed E-state index contributed by atoms with van der Waals surface area (Å²) in [6.07, 6.45) is 3.59. The highest BCUT2D eigenvalue weighted by molar-refractivity contribution is 5.94. The van der Waals surface area contributed by atoms with E-state index in [9.17, 15) is 14.0 Å². The molecule has 2 saturated heterocycles. The van der Waals surface area contributed by atoms with Crippen LogP contribution in [0.1, 0.15) is 29.6 Å². The van der Waals surface area contributed by atoms with Gasteiger partial charge in [0, 0.05) is 32.3 Å². The first kappa shape index (κ1) is 13.0. The van der Waals surface area contributed by atoms with E-state index in [1.54, 1.807) is 4.90 Å². The summed E-state index contributed by atoms with van der Waals surface area (Å²) < 4.78 is 12.8. The van der Waals surface area contributed by atoms with Gasteiger partial charge in [-0.3, -0.25) is 9.59 Å². The summed E-state index contributed by atoms with van der Waals surface area (Å²) in [6.45, 7) is 1.98. The molecule has 0 radical (unpaired) electrons. The number of carbonyl (C=O) groups excluding carboxylic acids is 2. The van der Waals surface area contributed by atoms with Gasteiger partial charge in [-0.25, -0.2) is 4.98 Å². The van der Waals surface area contributed by atoms with Crippen molar-refractivity contribution in [3.8, 4) is 0 Å². The molecule has 2 fully saturated rings. The second-order valence-corrected chi connectivity index (χ2v) is 5.25. The van der Waals surface area contributed by atoms with Crippen LogP contribution in [-0.2, 0) is 4.79 Å². The molecular weight excluding hydrogens is 261 g/mol. The third-order valence-corrected chi connectivity index (χ3v) is 3.98. The zero-order chi connectivity index (χ0) is 14.1. The Morgan fingerprint density at radius 2 is 2.20 bits per heavy atom. The van der Waals surface area contributed by atoms with Gasteiger partial charge in [0.05, 0.1) is 11.6 Å². The topological polar surface area (TPSA) is 53.5 Å². The lowest BCUT2D eigenvalue weighted by Crippen LogP contribution is -2.39. The van der Waals surface area contributed by atoms with Crippen molar-refractivity contribution >= 4 is 11.8 Å². The summed E-state index contributed by atoms with van der Waals surface area (Å²) >= 11 is 0. The highest BCUT2D eigenvalue weighted by atomic mass is 19.1. The molecule has 2 aliphatic rings. The van der Waals surface area contributed by atoms with Crippen LogP contribution in [0.25, 0.3) is 0 Å². The minimum atomic E-state index is -0.594. The molecule has 0 bridgehead atoms. The molecule has 5 nitrogen and oxygen atoms in total. The van der Waals surface area contributed by atoms with Gasteiger partial charge in [0.15, 0.2) is 0 Å². The van der Waals surface area contributed by atoms with Gasteiger partial charge in [0.1, 0.15) is 0 Å². The first-order valence-electron chi connectivity index (χ1n) is 6.85. The number of carbonyl (C=O) groups is 2. The van der Waals surface area contributed by atoms with Gasteiger partial charge >= 0.3 is 0 Å². The summed E-state index contributed by atoms with van der Waals surface area (Å²) in [6, 6.07) is 2.76. The van der Waals surface area contributed by atoms with Crippen molar-refractivity contribution in [3.63, 3.8) is 0 Å². The van der Waals surface area contributed by atoms with Crippen LogP contribution in [0.4, 0.5) is 4.39 Å². The number of hydrogen-bond donors (Lipinski definition) is 0. The number of pyridine rings is 1. The van der Waals surface area contributed by atoms with E-state index in [1.807, 2.05) is 4.90 Å². The minimum absolute atomic E-state index is 0.127. The maximum atomic E-state index is 12.8. The van der Waals surface area contributed by atoms with Crippen LogP contribution >= 0.6 is 0 Å². The largest absolute Gasteiger partial charge is 0.338 e. The quantitative estimate of drug-likeness (QED) is 0.759. The highest BCUT2D eigenvalue weighted by Crippen LogP contribution is 2.22. The standard InChI is InChI=1S/C14H16FN3O2/c15-12-4-3-10(8-16-12)14(20)17-7-5-11(9-17)18-6-1-2-13(18)19/h3-4,8,11H,1-2,5-7,9H2/t11-/m0/s1. The Kier molecular flexibility index (Phi) is 3.38. The molecule has 1 atom stereocenters. The van der Waals surface area contributed by atoms with Gasteiger partial charge in [0.25, 0.3) is 5.91 Å². The third-order valence-electron chi connectivity index (χ3n) is 3.98. The van der Waals surface area contributed by atoms with Crippen molar-refractivity contribution in [2.45, 2.75) is 25.3 Å². The minimum Gasteiger partial charge on any atom is -0.338 e. The van der Waals surface area contributed by atoms with Crippen molar-refractivity contribution in [2.24, 2.45) is 0 Å². The SMILES string of the molecule is O=C(c1ccc(F)nc1)N1CC[C@H](N2CCCC2=O)C1. The first-order chi connectivity index (χ1) is 9.65. The van der Waals surface area contributed by atoms with Crippen LogP contribution in [-0.4, -0.2) is 52.3 Å². The Labute approximate surface area is 116 Å². The molecule has 1 aromatic rings. The lowest BCUT2D eigenvalue weighted by molar-refractivity contribution is -0.129. The predicted molar refractivity (Wildman–Crippen MR) is 69.5 cm³/mol. The number of halogens is 1. The second kappa shape index (κ2) is 5.19. The molecule has 0 saturated carbocycles. The number of hydrogen-bond acceptors (Lipinski definition) is 3. The van der Waals surface area contributed by atoms with E-state index in [2.05, 4.69) is 4.98 Å². The third kappa shape index (κ3) is 2.37. The van der Waals surface area contributed by atoms with Crippen LogP contribution < -0.4 is 0 Å². The number of nitrogens with zero attached hydrogens (tertiary/aromatic N) is 3. The predicted octanol–water partition coefficient (Wildman–Crippen LogP) is 1.06. The molecular formula is C14H16FN3O2. The normalized spacial score (nSPS) is 22.6. The molecule has 20 heavy (non-hydrogen) atoms. The Bertz CT molecular complexity index is 532. The monoisotopic (exact) mass is 277 g/mol. The molecule has 2 amide bonds. The van der Waals surface area contributed by atoms with E-state index in [1.165, 1.54) is 18.3 Å². The summed E-state index contributed by atoms with van der Waals surface area (Å²) in [5, 5.41) is 0. The maximum absolute atomic E-state index is 12.8. The molecule has 3 rings (SSSR count). The van der Waals surface area contributed by atoms with Crippen LogP contribution in [0.3, 0.4) is 0 Å². The van der Waals surface area contributed by atoms with E-state index >= 15 is 0 Å². The summed E-state index contributed by atoms with van der Waals surface area (Å²) in [7, 11) is 0. The molecule has 1 aromatic heterocycles. The Morgan fingerprint density at radius 3 is 2.85 bits per heavy atom. The van der Waals surface area contributed by atoms with Crippen LogP contribution in [0.2, 0.25) is 0 Å². The van der Waals surface area contributed by atoms with E-state index in [-0.39, 0.29) is 17.9 Å². The number of amides is 2. The Balaban J connectivity index is 1.66. The zero-order valence-electron chi connectivity index (χ0n) is 11.1. The van der Waals surface area contributed by atoms with Crippen molar-refractivity contribution in [3.05, 3.63) is 29.8 Å². The highest BCUT2D eigenvalue weighted by Gasteiger charge is 2.35. The molecule has 2 aliphatic heterocycles. The molecule has 0 aromatic carbocycles. The first-order valence-corrected chi connectivity index (χ1v) is 6.85. The Hall–Kier alpha value is -1.98. The van der Waals surface area contributed by atoms with Gasteiger partial charge in [0.2, 0.25) is 11.9 Å². The van der Waals surface area contributed by atoms with E-state index in [0.717, 1.165) is 19.4 Å².